The molecule has 0 fully saturated rings. The third-order valence-corrected chi connectivity index (χ3v) is 2.43. The lowest BCUT2D eigenvalue weighted by Gasteiger charge is -2.08. The highest BCUT2D eigenvalue weighted by Gasteiger charge is 2.13. The number of benzene rings is 1. The van der Waals surface area contributed by atoms with E-state index in [4.69, 9.17) is 11.6 Å². The van der Waals surface area contributed by atoms with Gasteiger partial charge < -0.3 is 11.6 Å². The van der Waals surface area contributed by atoms with Crippen molar-refractivity contribution in [1.29, 1.82) is 0 Å². The Bertz CT molecular complexity index is 480. The number of anilines is 1. The van der Waals surface area contributed by atoms with E-state index in [1.807, 2.05) is 32.0 Å². The molecule has 0 bridgehead atoms. The second-order valence-corrected chi connectivity index (χ2v) is 3.52. The summed E-state index contributed by atoms with van der Waals surface area (Å²) in [5, 5.41) is 7.71. The quantitative estimate of drug-likeness (QED) is 0.673. The van der Waals surface area contributed by atoms with Crippen molar-refractivity contribution in [2.45, 2.75) is 13.8 Å². The summed E-state index contributed by atoms with van der Waals surface area (Å²) < 4.78 is 1.30. The van der Waals surface area contributed by atoms with Crippen LogP contribution in [0.4, 0.5) is 5.95 Å². The molecule has 0 aliphatic carbocycles. The van der Waals surface area contributed by atoms with Gasteiger partial charge in [-0.3, -0.25) is 0 Å². The molecular formula is C10H13N5. The molecule has 0 atom stereocenters. The van der Waals surface area contributed by atoms with Crippen LogP contribution in [0.15, 0.2) is 18.2 Å². The summed E-state index contributed by atoms with van der Waals surface area (Å²) in [7, 11) is 0. The second kappa shape index (κ2) is 3.27. The number of nitrogen functional groups attached to an aromatic ring is 2. The van der Waals surface area contributed by atoms with Gasteiger partial charge in [-0.2, -0.15) is 0 Å². The minimum absolute atomic E-state index is 0.215. The molecule has 0 unspecified atom stereocenters. The highest BCUT2D eigenvalue weighted by molar-refractivity contribution is 5.65. The first-order valence-electron chi connectivity index (χ1n) is 4.64. The maximum Gasteiger partial charge on any atom is 0.241 e. The van der Waals surface area contributed by atoms with Crippen LogP contribution in [0.5, 0.6) is 0 Å². The van der Waals surface area contributed by atoms with E-state index in [9.17, 15) is 0 Å². The first kappa shape index (κ1) is 9.51. The van der Waals surface area contributed by atoms with Gasteiger partial charge in [0.05, 0.1) is 0 Å². The highest BCUT2D eigenvalue weighted by atomic mass is 15.4. The van der Waals surface area contributed by atoms with Gasteiger partial charge in [0, 0.05) is 5.56 Å². The highest BCUT2D eigenvalue weighted by Crippen LogP contribution is 2.24. The topological polar surface area (TPSA) is 82.8 Å². The standard InChI is InChI=1S/C10H13N5/c1-6-4-3-5-7(2)8(6)9-13-14-10(11)15(9)12/h3-5H,12H2,1-2H3,(H2,11,14). The Labute approximate surface area is 87.7 Å². The number of rotatable bonds is 1. The van der Waals surface area contributed by atoms with Crippen molar-refractivity contribution in [1.82, 2.24) is 14.9 Å². The first-order valence-corrected chi connectivity index (χ1v) is 4.64. The minimum Gasteiger partial charge on any atom is -0.366 e. The second-order valence-electron chi connectivity index (χ2n) is 3.52. The maximum atomic E-state index is 5.74. The Kier molecular flexibility index (Phi) is 2.07. The van der Waals surface area contributed by atoms with Crippen LogP contribution < -0.4 is 11.6 Å². The summed E-state index contributed by atoms with van der Waals surface area (Å²) in [6.45, 7) is 4.01. The van der Waals surface area contributed by atoms with E-state index in [2.05, 4.69) is 10.2 Å². The largest absolute Gasteiger partial charge is 0.366 e. The van der Waals surface area contributed by atoms with Crippen LogP contribution in [0.1, 0.15) is 11.1 Å². The molecule has 4 N–H and O–H groups in total. The van der Waals surface area contributed by atoms with Crippen LogP contribution in [0, 0.1) is 13.8 Å². The normalized spacial score (nSPS) is 10.5. The fourth-order valence-corrected chi connectivity index (χ4v) is 1.64. The Morgan fingerprint density at radius 1 is 1.13 bits per heavy atom. The van der Waals surface area contributed by atoms with E-state index in [0.29, 0.717) is 5.82 Å². The van der Waals surface area contributed by atoms with E-state index >= 15 is 0 Å². The van der Waals surface area contributed by atoms with E-state index < -0.39 is 0 Å². The van der Waals surface area contributed by atoms with Gasteiger partial charge in [-0.05, 0) is 25.0 Å². The zero-order chi connectivity index (χ0) is 11.0. The Balaban J connectivity index is 2.69. The lowest BCUT2D eigenvalue weighted by atomic mass is 10.0. The van der Waals surface area contributed by atoms with Crippen LogP contribution in [0.25, 0.3) is 11.4 Å². The van der Waals surface area contributed by atoms with Crippen molar-refractivity contribution in [3.63, 3.8) is 0 Å². The number of aryl methyl sites for hydroxylation is 2. The van der Waals surface area contributed by atoms with Crippen molar-refractivity contribution >= 4 is 5.95 Å². The van der Waals surface area contributed by atoms with Gasteiger partial charge in [0.1, 0.15) is 0 Å². The van der Waals surface area contributed by atoms with E-state index in [1.165, 1.54) is 4.68 Å². The molecule has 0 spiro atoms. The predicted molar refractivity (Wildman–Crippen MR) is 59.5 cm³/mol. The Morgan fingerprint density at radius 3 is 2.20 bits per heavy atom. The number of aromatic nitrogens is 3. The molecule has 5 nitrogen and oxygen atoms in total. The number of nitrogens with zero attached hydrogens (tertiary/aromatic N) is 3. The molecule has 2 aromatic rings. The molecule has 2 rings (SSSR count). The number of hydrogen-bond acceptors (Lipinski definition) is 4. The minimum atomic E-state index is 0.215. The Hall–Kier alpha value is -2.04. The molecule has 15 heavy (non-hydrogen) atoms. The van der Waals surface area contributed by atoms with E-state index in [-0.39, 0.29) is 5.95 Å². The van der Waals surface area contributed by atoms with Crippen LogP contribution in [0.3, 0.4) is 0 Å². The smallest absolute Gasteiger partial charge is 0.241 e. The van der Waals surface area contributed by atoms with Crippen molar-refractivity contribution < 1.29 is 0 Å². The lowest BCUT2D eigenvalue weighted by Crippen LogP contribution is -2.14. The monoisotopic (exact) mass is 203 g/mol. The molecule has 0 saturated carbocycles. The van der Waals surface area contributed by atoms with Gasteiger partial charge in [-0.1, -0.05) is 18.2 Å². The van der Waals surface area contributed by atoms with E-state index in [1.54, 1.807) is 0 Å². The van der Waals surface area contributed by atoms with Gasteiger partial charge in [-0.25, -0.2) is 4.68 Å². The number of hydrogen-bond donors (Lipinski definition) is 2. The van der Waals surface area contributed by atoms with Crippen molar-refractivity contribution in [3.8, 4) is 11.4 Å². The summed E-state index contributed by atoms with van der Waals surface area (Å²) in [6.07, 6.45) is 0. The first-order chi connectivity index (χ1) is 7.11. The number of nitrogens with two attached hydrogens (primary N) is 2. The molecule has 0 aliphatic heterocycles. The average Bonchev–Trinajstić information content (AvgIpc) is 2.49. The summed E-state index contributed by atoms with van der Waals surface area (Å²) in [5.74, 6) is 6.55. The molecular weight excluding hydrogens is 190 g/mol. The Morgan fingerprint density at radius 2 is 1.73 bits per heavy atom. The zero-order valence-corrected chi connectivity index (χ0v) is 8.73. The fraction of sp³-hybridized carbons (Fsp3) is 0.200. The predicted octanol–water partition coefficient (Wildman–Crippen LogP) is 0.858. The average molecular weight is 203 g/mol. The SMILES string of the molecule is Cc1cccc(C)c1-c1nnc(N)n1N. The molecule has 1 heterocycles. The van der Waals surface area contributed by atoms with Crippen molar-refractivity contribution in [2.75, 3.05) is 11.6 Å². The summed E-state index contributed by atoms with van der Waals surface area (Å²) in [5.41, 5.74) is 8.74. The lowest BCUT2D eigenvalue weighted by molar-refractivity contribution is 1.02. The molecule has 0 radical (unpaired) electrons. The third kappa shape index (κ3) is 1.41. The molecule has 78 valence electrons. The summed E-state index contributed by atoms with van der Waals surface area (Å²) in [4.78, 5) is 0. The van der Waals surface area contributed by atoms with Gasteiger partial charge in [0.25, 0.3) is 0 Å². The van der Waals surface area contributed by atoms with Gasteiger partial charge in [-0.15, -0.1) is 10.2 Å². The summed E-state index contributed by atoms with van der Waals surface area (Å²) in [6, 6.07) is 6.01. The van der Waals surface area contributed by atoms with Crippen LogP contribution in [-0.2, 0) is 0 Å². The molecule has 5 heteroatoms. The van der Waals surface area contributed by atoms with Crippen molar-refractivity contribution in [2.24, 2.45) is 0 Å². The fourth-order valence-electron chi connectivity index (χ4n) is 1.64. The maximum absolute atomic E-state index is 5.74. The van der Waals surface area contributed by atoms with Crippen LogP contribution in [0.2, 0.25) is 0 Å². The molecule has 0 amide bonds. The van der Waals surface area contributed by atoms with E-state index in [0.717, 1.165) is 16.7 Å². The van der Waals surface area contributed by atoms with Crippen LogP contribution in [-0.4, -0.2) is 14.9 Å². The zero-order valence-electron chi connectivity index (χ0n) is 8.73. The van der Waals surface area contributed by atoms with Gasteiger partial charge in [0.2, 0.25) is 5.95 Å². The molecule has 0 aliphatic rings. The van der Waals surface area contributed by atoms with Crippen LogP contribution >= 0.6 is 0 Å². The van der Waals surface area contributed by atoms with Gasteiger partial charge >= 0.3 is 0 Å². The molecule has 0 saturated heterocycles. The molecule has 1 aromatic heterocycles. The van der Waals surface area contributed by atoms with Gasteiger partial charge in [0.15, 0.2) is 5.82 Å². The molecule has 1 aromatic carbocycles. The summed E-state index contributed by atoms with van der Waals surface area (Å²) >= 11 is 0. The third-order valence-electron chi connectivity index (χ3n) is 2.43. The van der Waals surface area contributed by atoms with Crippen molar-refractivity contribution in [3.05, 3.63) is 29.3 Å².